The molecule has 23 heavy (non-hydrogen) atoms. The molecule has 1 aromatic carbocycles. The highest BCUT2D eigenvalue weighted by Gasteiger charge is 2.11. The van der Waals surface area contributed by atoms with Crippen molar-refractivity contribution in [1.82, 2.24) is 15.3 Å². The summed E-state index contributed by atoms with van der Waals surface area (Å²) >= 11 is 1.37. The maximum absolute atomic E-state index is 12.0. The fourth-order valence-corrected chi connectivity index (χ4v) is 3.04. The number of para-hydroxylation sites is 1. The van der Waals surface area contributed by atoms with Gasteiger partial charge in [0.25, 0.3) is 0 Å². The van der Waals surface area contributed by atoms with Crippen molar-refractivity contribution in [1.29, 1.82) is 0 Å². The lowest BCUT2D eigenvalue weighted by Gasteiger charge is -2.12. The summed E-state index contributed by atoms with van der Waals surface area (Å²) in [6.45, 7) is 6.97. The van der Waals surface area contributed by atoms with Crippen LogP contribution in [0.5, 0.6) is 0 Å². The smallest absolute Gasteiger partial charge is 0.230 e. The van der Waals surface area contributed by atoms with Gasteiger partial charge in [0.05, 0.1) is 11.3 Å². The van der Waals surface area contributed by atoms with Crippen molar-refractivity contribution in [3.8, 4) is 0 Å². The molecule has 0 fully saturated rings. The van der Waals surface area contributed by atoms with Crippen molar-refractivity contribution in [3.63, 3.8) is 0 Å². The van der Waals surface area contributed by atoms with Crippen molar-refractivity contribution in [2.24, 2.45) is 0 Å². The second kappa shape index (κ2) is 8.72. The van der Waals surface area contributed by atoms with E-state index in [2.05, 4.69) is 27.5 Å². The first-order valence-corrected chi connectivity index (χ1v) is 9.05. The van der Waals surface area contributed by atoms with Gasteiger partial charge in [0.1, 0.15) is 5.82 Å². The van der Waals surface area contributed by atoms with Crippen LogP contribution < -0.4 is 10.6 Å². The summed E-state index contributed by atoms with van der Waals surface area (Å²) in [5, 5.41) is 7.88. The lowest BCUT2D eigenvalue weighted by Crippen LogP contribution is -2.33. The molecule has 0 spiro atoms. The molecule has 1 atom stereocenters. The molecule has 2 aromatic rings. The van der Waals surface area contributed by atoms with Gasteiger partial charge < -0.3 is 10.6 Å². The first kappa shape index (κ1) is 17.5. The SMILES string of the molecule is CCCC(C)NC(=O)CSc1nc(NCC)c2ccccc2n1. The number of nitrogens with one attached hydrogen (secondary N) is 2. The number of hydrogen-bond donors (Lipinski definition) is 2. The molecule has 5 nitrogen and oxygen atoms in total. The fourth-order valence-electron chi connectivity index (χ4n) is 2.37. The number of hydrogen-bond acceptors (Lipinski definition) is 5. The van der Waals surface area contributed by atoms with Crippen LogP contribution in [0.1, 0.15) is 33.6 Å². The minimum absolute atomic E-state index is 0.0257. The highest BCUT2D eigenvalue weighted by molar-refractivity contribution is 7.99. The van der Waals surface area contributed by atoms with Crippen LogP contribution in [0.2, 0.25) is 0 Å². The largest absolute Gasteiger partial charge is 0.370 e. The lowest BCUT2D eigenvalue weighted by atomic mass is 10.2. The predicted octanol–water partition coefficient (Wildman–Crippen LogP) is 3.46. The highest BCUT2D eigenvalue weighted by atomic mass is 32.2. The van der Waals surface area contributed by atoms with Gasteiger partial charge in [-0.3, -0.25) is 4.79 Å². The molecule has 124 valence electrons. The third-order valence-electron chi connectivity index (χ3n) is 3.39. The molecule has 0 bridgehead atoms. The van der Waals surface area contributed by atoms with Crippen LogP contribution in [0.25, 0.3) is 10.9 Å². The number of amides is 1. The van der Waals surface area contributed by atoms with Gasteiger partial charge in [-0.2, -0.15) is 0 Å². The van der Waals surface area contributed by atoms with Gasteiger partial charge in [0.15, 0.2) is 5.16 Å². The van der Waals surface area contributed by atoms with E-state index in [9.17, 15) is 4.79 Å². The van der Waals surface area contributed by atoms with E-state index >= 15 is 0 Å². The Morgan fingerprint density at radius 3 is 2.78 bits per heavy atom. The molecule has 0 aliphatic heterocycles. The van der Waals surface area contributed by atoms with Crippen LogP contribution >= 0.6 is 11.8 Å². The highest BCUT2D eigenvalue weighted by Crippen LogP contribution is 2.24. The summed E-state index contributed by atoms with van der Waals surface area (Å²) in [5.74, 6) is 1.18. The Hall–Kier alpha value is -1.82. The maximum atomic E-state index is 12.0. The molecular formula is C17H24N4OS. The Kier molecular flexibility index (Phi) is 6.65. The third kappa shape index (κ3) is 5.10. The number of thioether (sulfide) groups is 1. The standard InChI is InChI=1S/C17H24N4OS/c1-4-8-12(3)19-15(22)11-23-17-20-14-10-7-6-9-13(14)16(21-17)18-5-2/h6-7,9-10,12H,4-5,8,11H2,1-3H3,(H,19,22)(H,18,20,21). The molecule has 0 aliphatic rings. The number of benzene rings is 1. The van der Waals surface area contributed by atoms with Crippen LogP contribution in [0.3, 0.4) is 0 Å². The minimum Gasteiger partial charge on any atom is -0.370 e. The summed E-state index contributed by atoms with van der Waals surface area (Å²) in [6.07, 6.45) is 2.06. The molecule has 2 N–H and O–H groups in total. The molecule has 6 heteroatoms. The quantitative estimate of drug-likeness (QED) is 0.572. The van der Waals surface area contributed by atoms with Crippen LogP contribution in [0.15, 0.2) is 29.4 Å². The molecule has 1 amide bonds. The first-order chi connectivity index (χ1) is 11.1. The van der Waals surface area contributed by atoms with E-state index < -0.39 is 0 Å². The fraction of sp³-hybridized carbons (Fsp3) is 0.471. The molecule has 1 aromatic heterocycles. The zero-order valence-electron chi connectivity index (χ0n) is 13.9. The van der Waals surface area contributed by atoms with Gasteiger partial charge in [-0.15, -0.1) is 0 Å². The summed E-state index contributed by atoms with van der Waals surface area (Å²) in [4.78, 5) is 21.0. The Balaban J connectivity index is 2.06. The number of nitrogens with zero attached hydrogens (tertiary/aromatic N) is 2. The molecule has 0 aliphatic carbocycles. The number of carbonyl (C=O) groups excluding carboxylic acids is 1. The molecule has 1 unspecified atom stereocenters. The van der Waals surface area contributed by atoms with Crippen molar-refractivity contribution < 1.29 is 4.79 Å². The van der Waals surface area contributed by atoms with Crippen LogP contribution in [0.4, 0.5) is 5.82 Å². The maximum Gasteiger partial charge on any atom is 0.230 e. The van der Waals surface area contributed by atoms with E-state index in [1.165, 1.54) is 11.8 Å². The zero-order chi connectivity index (χ0) is 16.7. The molecule has 0 radical (unpaired) electrons. The lowest BCUT2D eigenvalue weighted by molar-refractivity contribution is -0.119. The van der Waals surface area contributed by atoms with E-state index in [0.717, 1.165) is 36.1 Å². The number of rotatable bonds is 8. The van der Waals surface area contributed by atoms with Crippen LogP contribution in [-0.2, 0) is 4.79 Å². The predicted molar refractivity (Wildman–Crippen MR) is 96.9 cm³/mol. The van der Waals surface area contributed by atoms with Crippen molar-refractivity contribution in [3.05, 3.63) is 24.3 Å². The molecular weight excluding hydrogens is 308 g/mol. The van der Waals surface area contributed by atoms with Gasteiger partial charge >= 0.3 is 0 Å². The van der Waals surface area contributed by atoms with Crippen molar-refractivity contribution in [2.75, 3.05) is 17.6 Å². The van der Waals surface area contributed by atoms with Crippen molar-refractivity contribution in [2.45, 2.75) is 44.8 Å². The van der Waals surface area contributed by atoms with Gasteiger partial charge in [-0.25, -0.2) is 9.97 Å². The molecule has 1 heterocycles. The van der Waals surface area contributed by atoms with Crippen LogP contribution in [-0.4, -0.2) is 34.2 Å². The van der Waals surface area contributed by atoms with Gasteiger partial charge in [0.2, 0.25) is 5.91 Å². The Bertz CT molecular complexity index is 662. The Labute approximate surface area is 141 Å². The number of aromatic nitrogens is 2. The summed E-state index contributed by atoms with van der Waals surface area (Å²) in [5.41, 5.74) is 0.890. The summed E-state index contributed by atoms with van der Waals surface area (Å²) < 4.78 is 0. The molecule has 0 saturated carbocycles. The Morgan fingerprint density at radius 2 is 2.04 bits per heavy atom. The van der Waals surface area contributed by atoms with E-state index in [1.807, 2.05) is 38.1 Å². The molecule has 2 rings (SSSR count). The van der Waals surface area contributed by atoms with E-state index in [4.69, 9.17) is 0 Å². The third-order valence-corrected chi connectivity index (χ3v) is 4.24. The van der Waals surface area contributed by atoms with Crippen molar-refractivity contribution >= 4 is 34.4 Å². The van der Waals surface area contributed by atoms with E-state index in [0.29, 0.717) is 10.9 Å². The van der Waals surface area contributed by atoms with E-state index in [1.54, 1.807) is 0 Å². The van der Waals surface area contributed by atoms with Gasteiger partial charge in [0, 0.05) is 18.0 Å². The van der Waals surface area contributed by atoms with E-state index in [-0.39, 0.29) is 11.9 Å². The zero-order valence-corrected chi connectivity index (χ0v) is 14.7. The number of fused-ring (bicyclic) bond motifs is 1. The summed E-state index contributed by atoms with van der Waals surface area (Å²) in [7, 11) is 0. The van der Waals surface area contributed by atoms with Gasteiger partial charge in [-0.05, 0) is 32.4 Å². The van der Waals surface area contributed by atoms with Gasteiger partial charge in [-0.1, -0.05) is 37.2 Å². The monoisotopic (exact) mass is 332 g/mol. The first-order valence-electron chi connectivity index (χ1n) is 8.06. The average molecular weight is 332 g/mol. The number of anilines is 1. The Morgan fingerprint density at radius 1 is 1.26 bits per heavy atom. The second-order valence-electron chi connectivity index (χ2n) is 5.45. The van der Waals surface area contributed by atoms with Crippen LogP contribution in [0, 0.1) is 0 Å². The summed E-state index contributed by atoms with van der Waals surface area (Å²) in [6, 6.07) is 8.11. The average Bonchev–Trinajstić information content (AvgIpc) is 2.53. The topological polar surface area (TPSA) is 66.9 Å². The minimum atomic E-state index is 0.0257. The normalized spacial score (nSPS) is 12.1. The molecule has 0 saturated heterocycles. The number of carbonyl (C=O) groups is 1. The second-order valence-corrected chi connectivity index (χ2v) is 6.39.